The Kier molecular flexibility index (Phi) is 5.12. The average molecular weight is 441 g/mol. The summed E-state index contributed by atoms with van der Waals surface area (Å²) >= 11 is 0. The van der Waals surface area contributed by atoms with Crippen LogP contribution in [0, 0.1) is 11.2 Å². The Balaban J connectivity index is 1.80. The molecule has 1 heterocycles. The van der Waals surface area contributed by atoms with Crippen molar-refractivity contribution in [3.8, 4) is 0 Å². The standard InChI is InChI=1S/C28H25FN2O2/c1-28(2)16-22-25(24(32)17-28)26(19-11-8-12-20(29)15-19)31(23-14-7-6-13-21(23)30-22)27(33)18-9-4-3-5-10-18/h3-15,26,30H,16-17H2,1-2H3. The largest absolute Gasteiger partial charge is 0.357 e. The number of anilines is 2. The number of carbonyl (C=O) groups excluding carboxylic acids is 2. The lowest BCUT2D eigenvalue weighted by molar-refractivity contribution is -0.118. The number of benzene rings is 3. The second-order valence-corrected chi connectivity index (χ2v) is 9.47. The van der Waals surface area contributed by atoms with E-state index in [4.69, 9.17) is 0 Å². The Morgan fingerprint density at radius 2 is 1.70 bits per heavy atom. The number of allylic oxidation sites excluding steroid dienone is 1. The minimum absolute atomic E-state index is 0.0262. The Morgan fingerprint density at radius 1 is 0.970 bits per heavy atom. The van der Waals surface area contributed by atoms with Crippen molar-refractivity contribution in [2.24, 2.45) is 5.41 Å². The molecule has 3 aromatic carbocycles. The van der Waals surface area contributed by atoms with E-state index >= 15 is 0 Å². The van der Waals surface area contributed by atoms with E-state index in [1.165, 1.54) is 12.1 Å². The fourth-order valence-electron chi connectivity index (χ4n) is 4.92. The van der Waals surface area contributed by atoms with Crippen LogP contribution in [0.25, 0.3) is 0 Å². The molecule has 5 heteroatoms. The van der Waals surface area contributed by atoms with Crippen LogP contribution in [0.15, 0.2) is 90.1 Å². The maximum Gasteiger partial charge on any atom is 0.259 e. The molecular formula is C28H25FN2O2. The first-order valence-corrected chi connectivity index (χ1v) is 11.1. The number of carbonyl (C=O) groups is 2. The van der Waals surface area contributed by atoms with Gasteiger partial charge < -0.3 is 5.32 Å². The molecular weight excluding hydrogens is 415 g/mol. The zero-order valence-electron chi connectivity index (χ0n) is 18.6. The van der Waals surface area contributed by atoms with Gasteiger partial charge in [-0.25, -0.2) is 4.39 Å². The highest BCUT2D eigenvalue weighted by atomic mass is 19.1. The van der Waals surface area contributed by atoms with Crippen LogP contribution < -0.4 is 10.2 Å². The van der Waals surface area contributed by atoms with Crippen molar-refractivity contribution < 1.29 is 14.0 Å². The van der Waals surface area contributed by atoms with Crippen LogP contribution >= 0.6 is 0 Å². The fourth-order valence-corrected chi connectivity index (χ4v) is 4.92. The molecule has 0 fully saturated rings. The first-order chi connectivity index (χ1) is 15.8. The van der Waals surface area contributed by atoms with Crippen LogP contribution in [0.4, 0.5) is 15.8 Å². The third-order valence-electron chi connectivity index (χ3n) is 6.30. The van der Waals surface area contributed by atoms with Crippen LogP contribution in [-0.4, -0.2) is 11.7 Å². The lowest BCUT2D eigenvalue weighted by atomic mass is 9.73. The summed E-state index contributed by atoms with van der Waals surface area (Å²) in [5.41, 5.74) is 3.57. The summed E-state index contributed by atoms with van der Waals surface area (Å²) in [7, 11) is 0. The smallest absolute Gasteiger partial charge is 0.259 e. The highest BCUT2D eigenvalue weighted by molar-refractivity contribution is 6.12. The van der Waals surface area contributed by atoms with Crippen LogP contribution in [-0.2, 0) is 4.79 Å². The molecule has 1 N–H and O–H groups in total. The second kappa shape index (κ2) is 8.00. The van der Waals surface area contributed by atoms with Crippen LogP contribution in [0.3, 0.4) is 0 Å². The average Bonchev–Trinajstić information content (AvgIpc) is 2.92. The number of rotatable bonds is 2. The molecule has 1 aliphatic heterocycles. The minimum Gasteiger partial charge on any atom is -0.357 e. The summed E-state index contributed by atoms with van der Waals surface area (Å²) < 4.78 is 14.4. The summed E-state index contributed by atoms with van der Waals surface area (Å²) in [4.78, 5) is 29.2. The van der Waals surface area contributed by atoms with Gasteiger partial charge in [0.2, 0.25) is 0 Å². The first kappa shape index (κ1) is 21.1. The molecule has 0 saturated heterocycles. The van der Waals surface area contributed by atoms with E-state index in [9.17, 15) is 14.0 Å². The molecule has 1 aliphatic carbocycles. The van der Waals surface area contributed by atoms with Gasteiger partial charge in [0.05, 0.1) is 17.4 Å². The van der Waals surface area contributed by atoms with Crippen molar-refractivity contribution >= 4 is 23.1 Å². The molecule has 3 aromatic rings. The summed E-state index contributed by atoms with van der Waals surface area (Å²) in [6.07, 6.45) is 1.02. The van der Waals surface area contributed by atoms with Gasteiger partial charge in [0.15, 0.2) is 5.78 Å². The zero-order valence-corrected chi connectivity index (χ0v) is 18.6. The predicted octanol–water partition coefficient (Wildman–Crippen LogP) is 6.28. The molecule has 166 valence electrons. The number of ketones is 1. The highest BCUT2D eigenvalue weighted by Crippen LogP contribution is 2.48. The molecule has 0 radical (unpaired) electrons. The summed E-state index contributed by atoms with van der Waals surface area (Å²) in [5.74, 6) is -0.678. The van der Waals surface area contributed by atoms with Crippen LogP contribution in [0.1, 0.15) is 48.7 Å². The van der Waals surface area contributed by atoms with Crippen LogP contribution in [0.2, 0.25) is 0 Å². The van der Waals surface area contributed by atoms with E-state index in [0.717, 1.165) is 11.4 Å². The van der Waals surface area contributed by atoms with Gasteiger partial charge in [0.1, 0.15) is 5.82 Å². The van der Waals surface area contributed by atoms with E-state index < -0.39 is 11.9 Å². The SMILES string of the molecule is CC1(C)CC(=O)C2=C(C1)Nc1ccccc1N(C(=O)c1ccccc1)C2c1cccc(F)c1. The summed E-state index contributed by atoms with van der Waals surface area (Å²) in [5, 5.41) is 3.47. The van der Waals surface area contributed by atoms with Crippen molar-refractivity contribution in [1.82, 2.24) is 0 Å². The van der Waals surface area contributed by atoms with Crippen molar-refractivity contribution in [2.75, 3.05) is 10.2 Å². The van der Waals surface area contributed by atoms with E-state index in [1.54, 1.807) is 29.2 Å². The van der Waals surface area contributed by atoms with Crippen molar-refractivity contribution in [3.63, 3.8) is 0 Å². The number of nitrogens with one attached hydrogen (secondary N) is 1. The Bertz CT molecular complexity index is 1280. The number of Topliss-reactive ketones (excluding diaryl/α,β-unsaturated/α-hetero) is 1. The second-order valence-electron chi connectivity index (χ2n) is 9.47. The minimum atomic E-state index is -0.747. The lowest BCUT2D eigenvalue weighted by Gasteiger charge is -2.37. The first-order valence-electron chi connectivity index (χ1n) is 11.1. The molecule has 4 nitrogen and oxygen atoms in total. The van der Waals surface area contributed by atoms with Gasteiger partial charge in [0.25, 0.3) is 5.91 Å². The zero-order chi connectivity index (χ0) is 23.2. The molecule has 5 rings (SSSR count). The molecule has 0 saturated carbocycles. The molecule has 0 aromatic heterocycles. The fraction of sp³-hybridized carbons (Fsp3) is 0.214. The van der Waals surface area contributed by atoms with Gasteiger partial charge in [-0.05, 0) is 53.8 Å². The van der Waals surface area contributed by atoms with E-state index in [-0.39, 0.29) is 17.1 Å². The third kappa shape index (κ3) is 3.84. The van der Waals surface area contributed by atoms with Crippen molar-refractivity contribution in [3.05, 3.63) is 107 Å². The topological polar surface area (TPSA) is 49.4 Å². The molecule has 33 heavy (non-hydrogen) atoms. The molecule has 0 spiro atoms. The molecule has 1 unspecified atom stereocenters. The van der Waals surface area contributed by atoms with Gasteiger partial charge >= 0.3 is 0 Å². The number of nitrogens with zero attached hydrogens (tertiary/aromatic N) is 1. The maximum atomic E-state index is 14.4. The normalized spacial score (nSPS) is 19.3. The predicted molar refractivity (Wildman–Crippen MR) is 128 cm³/mol. The summed E-state index contributed by atoms with van der Waals surface area (Å²) in [6, 6.07) is 22.0. The van der Waals surface area contributed by atoms with Gasteiger partial charge in [-0.15, -0.1) is 0 Å². The quantitative estimate of drug-likeness (QED) is 0.510. The molecule has 2 aliphatic rings. The number of hydrogen-bond donors (Lipinski definition) is 1. The van der Waals surface area contributed by atoms with E-state index in [0.29, 0.717) is 35.2 Å². The van der Waals surface area contributed by atoms with Gasteiger partial charge in [-0.2, -0.15) is 0 Å². The summed E-state index contributed by atoms with van der Waals surface area (Å²) in [6.45, 7) is 4.13. The number of fused-ring (bicyclic) bond motifs is 1. The number of amides is 1. The number of hydrogen-bond acceptors (Lipinski definition) is 3. The molecule has 1 atom stereocenters. The lowest BCUT2D eigenvalue weighted by Crippen LogP contribution is -2.39. The number of halogens is 1. The maximum absolute atomic E-state index is 14.4. The molecule has 0 bridgehead atoms. The van der Waals surface area contributed by atoms with E-state index in [2.05, 4.69) is 19.2 Å². The van der Waals surface area contributed by atoms with E-state index in [1.807, 2.05) is 42.5 Å². The number of para-hydroxylation sites is 2. The van der Waals surface area contributed by atoms with Gasteiger partial charge in [0, 0.05) is 23.3 Å². The van der Waals surface area contributed by atoms with Gasteiger partial charge in [-0.1, -0.05) is 56.3 Å². The third-order valence-corrected chi connectivity index (χ3v) is 6.30. The van der Waals surface area contributed by atoms with Crippen molar-refractivity contribution in [1.29, 1.82) is 0 Å². The monoisotopic (exact) mass is 440 g/mol. The Hall–Kier alpha value is -3.73. The highest BCUT2D eigenvalue weighted by Gasteiger charge is 2.43. The molecule has 1 amide bonds. The van der Waals surface area contributed by atoms with Crippen LogP contribution in [0.5, 0.6) is 0 Å². The van der Waals surface area contributed by atoms with Gasteiger partial charge in [-0.3, -0.25) is 14.5 Å². The Morgan fingerprint density at radius 3 is 2.45 bits per heavy atom. The Labute approximate surface area is 192 Å². The van der Waals surface area contributed by atoms with Crippen molar-refractivity contribution in [2.45, 2.75) is 32.7 Å².